The lowest BCUT2D eigenvalue weighted by molar-refractivity contribution is -0.132. The van der Waals surface area contributed by atoms with E-state index < -0.39 is 6.10 Å². The zero-order valence-electron chi connectivity index (χ0n) is 17.9. The van der Waals surface area contributed by atoms with Crippen LogP contribution >= 0.6 is 11.3 Å². The van der Waals surface area contributed by atoms with E-state index in [4.69, 9.17) is 4.74 Å². The Hall–Kier alpha value is -2.87. The number of aliphatic hydroxyl groups is 1. The molecule has 3 heterocycles. The molecule has 1 fully saturated rings. The first-order valence-corrected chi connectivity index (χ1v) is 11.9. The number of β-amino-alcohol motifs (C(OH)–C–C–N with tert-alkyl or cyclic N) is 1. The van der Waals surface area contributed by atoms with Gasteiger partial charge in [0.1, 0.15) is 18.5 Å². The SMILES string of the molecule is O=C(Cc1ccsc1)N1CCN(CC(O)COc2cccc3[nH]c4ccccc4c23)CC1. The molecule has 0 bridgehead atoms. The molecule has 7 heteroatoms. The molecule has 166 valence electrons. The molecule has 32 heavy (non-hydrogen) atoms. The maximum Gasteiger partial charge on any atom is 0.227 e. The second-order valence-corrected chi connectivity index (χ2v) is 9.08. The van der Waals surface area contributed by atoms with Gasteiger partial charge in [0.05, 0.1) is 11.9 Å². The molecule has 0 spiro atoms. The lowest BCUT2D eigenvalue weighted by atomic mass is 10.1. The number of aromatic amines is 1. The number of ether oxygens (including phenoxy) is 1. The van der Waals surface area contributed by atoms with Gasteiger partial charge in [-0.05, 0) is 40.6 Å². The molecule has 1 unspecified atom stereocenters. The Balaban J connectivity index is 1.14. The first-order valence-electron chi connectivity index (χ1n) is 11.0. The number of fused-ring (bicyclic) bond motifs is 3. The van der Waals surface area contributed by atoms with Gasteiger partial charge in [-0.1, -0.05) is 24.3 Å². The molecular formula is C25H27N3O3S. The van der Waals surface area contributed by atoms with Gasteiger partial charge in [0, 0.05) is 49.0 Å². The Labute approximate surface area is 191 Å². The fourth-order valence-electron chi connectivity index (χ4n) is 4.38. The maximum absolute atomic E-state index is 12.5. The highest BCUT2D eigenvalue weighted by atomic mass is 32.1. The molecule has 0 saturated carbocycles. The number of carbonyl (C=O) groups is 1. The van der Waals surface area contributed by atoms with Crippen LogP contribution in [-0.4, -0.2) is 71.2 Å². The van der Waals surface area contributed by atoms with Crippen LogP contribution in [0.1, 0.15) is 5.56 Å². The molecule has 1 aliphatic heterocycles. The molecule has 0 radical (unpaired) electrons. The largest absolute Gasteiger partial charge is 0.490 e. The predicted molar refractivity (Wildman–Crippen MR) is 128 cm³/mol. The number of hydrogen-bond donors (Lipinski definition) is 2. The summed E-state index contributed by atoms with van der Waals surface area (Å²) in [6, 6.07) is 16.1. The highest BCUT2D eigenvalue weighted by molar-refractivity contribution is 7.08. The van der Waals surface area contributed by atoms with Crippen LogP contribution in [0, 0.1) is 0 Å². The van der Waals surface area contributed by atoms with Gasteiger partial charge in [-0.2, -0.15) is 11.3 Å². The highest BCUT2D eigenvalue weighted by Crippen LogP contribution is 2.33. The van der Waals surface area contributed by atoms with Crippen LogP contribution in [0.5, 0.6) is 5.75 Å². The quantitative estimate of drug-likeness (QED) is 0.453. The van der Waals surface area contributed by atoms with Crippen molar-refractivity contribution in [2.75, 3.05) is 39.3 Å². The van der Waals surface area contributed by atoms with Crippen LogP contribution in [0.3, 0.4) is 0 Å². The number of thiophene rings is 1. The van der Waals surface area contributed by atoms with Gasteiger partial charge in [0.15, 0.2) is 0 Å². The highest BCUT2D eigenvalue weighted by Gasteiger charge is 2.23. The van der Waals surface area contributed by atoms with Crippen LogP contribution < -0.4 is 4.74 Å². The van der Waals surface area contributed by atoms with E-state index in [0.29, 0.717) is 26.1 Å². The van der Waals surface area contributed by atoms with Crippen molar-refractivity contribution < 1.29 is 14.6 Å². The molecule has 1 atom stereocenters. The number of piperazine rings is 1. The van der Waals surface area contributed by atoms with Crippen molar-refractivity contribution in [3.8, 4) is 5.75 Å². The predicted octanol–water partition coefficient (Wildman–Crippen LogP) is 3.51. The zero-order chi connectivity index (χ0) is 21.9. The number of benzene rings is 2. The number of para-hydroxylation sites is 1. The third-order valence-electron chi connectivity index (χ3n) is 6.05. The van der Waals surface area contributed by atoms with Gasteiger partial charge in [-0.15, -0.1) is 0 Å². The Kier molecular flexibility index (Phi) is 6.12. The molecule has 2 aromatic carbocycles. The lowest BCUT2D eigenvalue weighted by Gasteiger charge is -2.35. The summed E-state index contributed by atoms with van der Waals surface area (Å²) in [6.07, 6.45) is -0.122. The van der Waals surface area contributed by atoms with E-state index >= 15 is 0 Å². The number of aromatic nitrogens is 1. The molecule has 1 amide bonds. The number of hydrogen-bond acceptors (Lipinski definition) is 5. The monoisotopic (exact) mass is 449 g/mol. The Morgan fingerprint density at radius 2 is 1.88 bits per heavy atom. The zero-order valence-corrected chi connectivity index (χ0v) is 18.7. The summed E-state index contributed by atoms with van der Waals surface area (Å²) < 4.78 is 6.05. The van der Waals surface area contributed by atoms with E-state index in [1.807, 2.05) is 52.1 Å². The minimum atomic E-state index is -0.594. The van der Waals surface area contributed by atoms with Gasteiger partial charge in [-0.3, -0.25) is 9.69 Å². The van der Waals surface area contributed by atoms with Gasteiger partial charge in [0.2, 0.25) is 5.91 Å². The Bertz CT molecular complexity index is 1200. The Morgan fingerprint density at radius 1 is 1.06 bits per heavy atom. The number of rotatable bonds is 7. The van der Waals surface area contributed by atoms with Crippen LogP contribution in [0.25, 0.3) is 21.8 Å². The van der Waals surface area contributed by atoms with Crippen LogP contribution in [0.15, 0.2) is 59.3 Å². The van der Waals surface area contributed by atoms with Crippen molar-refractivity contribution in [3.63, 3.8) is 0 Å². The van der Waals surface area contributed by atoms with Crippen molar-refractivity contribution >= 4 is 39.0 Å². The molecule has 0 aliphatic carbocycles. The van der Waals surface area contributed by atoms with E-state index in [-0.39, 0.29) is 12.5 Å². The summed E-state index contributed by atoms with van der Waals surface area (Å²) >= 11 is 1.62. The summed E-state index contributed by atoms with van der Waals surface area (Å²) in [4.78, 5) is 20.0. The fraction of sp³-hybridized carbons (Fsp3) is 0.320. The number of nitrogens with zero attached hydrogens (tertiary/aromatic N) is 2. The van der Waals surface area contributed by atoms with E-state index in [2.05, 4.69) is 22.0 Å². The van der Waals surface area contributed by atoms with E-state index in [1.165, 1.54) is 0 Å². The standard InChI is InChI=1S/C25H27N3O3S/c29-19(15-27-9-11-28(12-10-27)24(30)14-18-8-13-32-17-18)16-31-23-7-3-6-22-25(23)20-4-1-2-5-21(20)26-22/h1-8,13,17,19,26,29H,9-12,14-16H2. The fourth-order valence-corrected chi connectivity index (χ4v) is 5.05. The minimum absolute atomic E-state index is 0.179. The number of carbonyl (C=O) groups excluding carboxylic acids is 1. The number of H-pyrrole nitrogens is 1. The summed E-state index contributed by atoms with van der Waals surface area (Å²) in [5, 5.41) is 16.8. The molecule has 2 N–H and O–H groups in total. The average Bonchev–Trinajstić information content (AvgIpc) is 3.45. The topological polar surface area (TPSA) is 68.8 Å². The van der Waals surface area contributed by atoms with Gasteiger partial charge >= 0.3 is 0 Å². The average molecular weight is 450 g/mol. The van der Waals surface area contributed by atoms with Crippen molar-refractivity contribution in [2.24, 2.45) is 0 Å². The smallest absolute Gasteiger partial charge is 0.227 e. The molecule has 4 aromatic rings. The summed E-state index contributed by atoms with van der Waals surface area (Å²) in [6.45, 7) is 3.71. The number of aliphatic hydroxyl groups excluding tert-OH is 1. The second kappa shape index (κ2) is 9.32. The van der Waals surface area contributed by atoms with E-state index in [9.17, 15) is 9.90 Å². The Morgan fingerprint density at radius 3 is 2.69 bits per heavy atom. The van der Waals surface area contributed by atoms with Crippen LogP contribution in [-0.2, 0) is 11.2 Å². The molecule has 1 aliphatic rings. The van der Waals surface area contributed by atoms with E-state index in [1.54, 1.807) is 11.3 Å². The third-order valence-corrected chi connectivity index (χ3v) is 6.78. The first-order chi connectivity index (χ1) is 15.7. The van der Waals surface area contributed by atoms with Crippen molar-refractivity contribution in [1.29, 1.82) is 0 Å². The van der Waals surface area contributed by atoms with Crippen LogP contribution in [0.2, 0.25) is 0 Å². The molecule has 1 saturated heterocycles. The second-order valence-electron chi connectivity index (χ2n) is 8.30. The first kappa shape index (κ1) is 21.0. The summed E-state index contributed by atoms with van der Waals surface area (Å²) in [5.74, 6) is 0.960. The molecular weight excluding hydrogens is 422 g/mol. The van der Waals surface area contributed by atoms with Crippen molar-refractivity contribution in [1.82, 2.24) is 14.8 Å². The van der Waals surface area contributed by atoms with Crippen molar-refractivity contribution in [2.45, 2.75) is 12.5 Å². The van der Waals surface area contributed by atoms with Gasteiger partial charge in [-0.25, -0.2) is 0 Å². The van der Waals surface area contributed by atoms with Gasteiger partial charge < -0.3 is 19.7 Å². The molecule has 2 aromatic heterocycles. The lowest BCUT2D eigenvalue weighted by Crippen LogP contribution is -2.51. The minimum Gasteiger partial charge on any atom is -0.490 e. The maximum atomic E-state index is 12.5. The third kappa shape index (κ3) is 4.50. The van der Waals surface area contributed by atoms with Crippen LogP contribution in [0.4, 0.5) is 0 Å². The number of amides is 1. The normalized spacial score (nSPS) is 16.0. The van der Waals surface area contributed by atoms with Crippen molar-refractivity contribution in [3.05, 3.63) is 64.9 Å². The molecule has 6 nitrogen and oxygen atoms in total. The van der Waals surface area contributed by atoms with Gasteiger partial charge in [0.25, 0.3) is 0 Å². The molecule has 5 rings (SSSR count). The number of nitrogens with one attached hydrogen (secondary N) is 1. The van der Waals surface area contributed by atoms with E-state index in [0.717, 1.165) is 46.2 Å². The summed E-state index contributed by atoms with van der Waals surface area (Å²) in [5.41, 5.74) is 3.19. The summed E-state index contributed by atoms with van der Waals surface area (Å²) in [7, 11) is 0.